The first kappa shape index (κ1) is 15.3. The average molecular weight is 293 g/mol. The average Bonchev–Trinajstić information content (AvgIpc) is 3.10. The highest BCUT2D eigenvalue weighted by molar-refractivity contribution is 5.78. The fourth-order valence-electron chi connectivity index (χ4n) is 5.00. The van der Waals surface area contributed by atoms with Crippen molar-refractivity contribution in [3.05, 3.63) is 0 Å². The van der Waals surface area contributed by atoms with Crippen LogP contribution in [0.5, 0.6) is 0 Å². The molecule has 0 aromatic rings. The molecule has 4 nitrogen and oxygen atoms in total. The summed E-state index contributed by atoms with van der Waals surface area (Å²) < 4.78 is 0. The Kier molecular flexibility index (Phi) is 4.85. The maximum absolute atomic E-state index is 12.3. The quantitative estimate of drug-likeness (QED) is 0.809. The van der Waals surface area contributed by atoms with Gasteiger partial charge in [-0.05, 0) is 75.8 Å². The van der Waals surface area contributed by atoms with E-state index < -0.39 is 0 Å². The van der Waals surface area contributed by atoms with E-state index in [9.17, 15) is 4.79 Å². The van der Waals surface area contributed by atoms with Crippen molar-refractivity contribution in [2.45, 2.75) is 51.5 Å². The summed E-state index contributed by atoms with van der Waals surface area (Å²) in [5, 5.41) is 3.27. The lowest BCUT2D eigenvalue weighted by Crippen LogP contribution is -2.47. The Morgan fingerprint density at radius 1 is 1.33 bits per heavy atom. The van der Waals surface area contributed by atoms with Gasteiger partial charge in [-0.3, -0.25) is 9.69 Å². The molecule has 4 heteroatoms. The van der Waals surface area contributed by atoms with Crippen LogP contribution in [0.4, 0.5) is 0 Å². The number of carbonyl (C=O) groups is 1. The lowest BCUT2D eigenvalue weighted by atomic mass is 9.84. The second-order valence-electron chi connectivity index (χ2n) is 7.67. The van der Waals surface area contributed by atoms with Crippen molar-refractivity contribution in [1.29, 1.82) is 0 Å². The van der Waals surface area contributed by atoms with Gasteiger partial charge < -0.3 is 11.1 Å². The molecule has 5 atom stereocenters. The van der Waals surface area contributed by atoms with E-state index in [1.807, 2.05) is 0 Å². The standard InChI is InChI=1S/C17H31N3O/c1-12(16-8-13-4-5-15(16)7-13)19-17(21)11-20-6-2-3-14(9-18)10-20/h12-16H,2-11,18H2,1H3,(H,19,21). The third-order valence-corrected chi connectivity index (χ3v) is 6.13. The molecule has 120 valence electrons. The van der Waals surface area contributed by atoms with Crippen LogP contribution in [0, 0.1) is 23.7 Å². The number of carbonyl (C=O) groups excluding carboxylic acids is 1. The Morgan fingerprint density at radius 2 is 2.19 bits per heavy atom. The lowest BCUT2D eigenvalue weighted by molar-refractivity contribution is -0.123. The number of nitrogens with two attached hydrogens (primary N) is 1. The van der Waals surface area contributed by atoms with Crippen molar-refractivity contribution in [3.8, 4) is 0 Å². The largest absolute Gasteiger partial charge is 0.352 e. The molecule has 0 spiro atoms. The van der Waals surface area contributed by atoms with Gasteiger partial charge in [0.1, 0.15) is 0 Å². The van der Waals surface area contributed by atoms with Crippen molar-refractivity contribution in [2.24, 2.45) is 29.4 Å². The zero-order valence-corrected chi connectivity index (χ0v) is 13.4. The van der Waals surface area contributed by atoms with Crippen LogP contribution in [0.2, 0.25) is 0 Å². The molecule has 3 rings (SSSR count). The molecule has 3 fully saturated rings. The van der Waals surface area contributed by atoms with Crippen LogP contribution in [0.3, 0.4) is 0 Å². The SMILES string of the molecule is CC(NC(=O)CN1CCCC(CN)C1)C1CC2CCC1C2. The number of amides is 1. The fraction of sp³-hybridized carbons (Fsp3) is 0.941. The zero-order valence-electron chi connectivity index (χ0n) is 13.4. The molecule has 1 saturated heterocycles. The van der Waals surface area contributed by atoms with E-state index in [1.54, 1.807) is 0 Å². The normalized spacial score (nSPS) is 37.6. The lowest BCUT2D eigenvalue weighted by Gasteiger charge is -2.33. The molecule has 2 aliphatic carbocycles. The minimum absolute atomic E-state index is 0.211. The van der Waals surface area contributed by atoms with Crippen molar-refractivity contribution in [2.75, 3.05) is 26.2 Å². The van der Waals surface area contributed by atoms with Gasteiger partial charge in [-0.25, -0.2) is 0 Å². The number of nitrogens with one attached hydrogen (secondary N) is 1. The Bertz CT molecular complexity index is 373. The van der Waals surface area contributed by atoms with Crippen LogP contribution in [0.25, 0.3) is 0 Å². The predicted octanol–water partition coefficient (Wildman–Crippen LogP) is 1.60. The summed E-state index contributed by atoms with van der Waals surface area (Å²) >= 11 is 0. The molecular formula is C17H31N3O. The topological polar surface area (TPSA) is 58.4 Å². The maximum Gasteiger partial charge on any atom is 0.234 e. The number of rotatable bonds is 5. The molecule has 1 amide bonds. The van der Waals surface area contributed by atoms with E-state index in [0.29, 0.717) is 18.5 Å². The molecule has 0 radical (unpaired) electrons. The van der Waals surface area contributed by atoms with E-state index in [1.165, 1.54) is 38.5 Å². The van der Waals surface area contributed by atoms with E-state index in [0.717, 1.165) is 37.4 Å². The van der Waals surface area contributed by atoms with Gasteiger partial charge in [0.2, 0.25) is 5.91 Å². The molecule has 21 heavy (non-hydrogen) atoms. The summed E-state index contributed by atoms with van der Waals surface area (Å²) in [6.07, 6.45) is 7.96. The summed E-state index contributed by atoms with van der Waals surface area (Å²) in [7, 11) is 0. The van der Waals surface area contributed by atoms with Gasteiger partial charge in [0, 0.05) is 12.6 Å². The van der Waals surface area contributed by atoms with Crippen LogP contribution in [-0.2, 0) is 4.79 Å². The minimum Gasteiger partial charge on any atom is -0.352 e. The Balaban J connectivity index is 1.43. The van der Waals surface area contributed by atoms with Gasteiger partial charge in [-0.1, -0.05) is 6.42 Å². The first-order valence-corrected chi connectivity index (χ1v) is 8.87. The first-order valence-electron chi connectivity index (χ1n) is 8.87. The molecule has 1 aliphatic heterocycles. The monoisotopic (exact) mass is 293 g/mol. The molecular weight excluding hydrogens is 262 g/mol. The van der Waals surface area contributed by atoms with E-state index in [2.05, 4.69) is 17.1 Å². The van der Waals surface area contributed by atoms with Gasteiger partial charge in [-0.2, -0.15) is 0 Å². The van der Waals surface area contributed by atoms with E-state index in [-0.39, 0.29) is 5.91 Å². The summed E-state index contributed by atoms with van der Waals surface area (Å²) in [5.74, 6) is 3.34. The Labute approximate surface area is 128 Å². The van der Waals surface area contributed by atoms with Gasteiger partial charge in [0.05, 0.1) is 6.54 Å². The van der Waals surface area contributed by atoms with Gasteiger partial charge in [0.15, 0.2) is 0 Å². The number of nitrogens with zero attached hydrogens (tertiary/aromatic N) is 1. The second kappa shape index (κ2) is 6.66. The summed E-state index contributed by atoms with van der Waals surface area (Å²) in [4.78, 5) is 14.6. The molecule has 3 aliphatic rings. The summed E-state index contributed by atoms with van der Waals surface area (Å²) in [6.45, 7) is 5.56. The highest BCUT2D eigenvalue weighted by Crippen LogP contribution is 2.49. The number of fused-ring (bicyclic) bond motifs is 2. The summed E-state index contributed by atoms with van der Waals surface area (Å²) in [5.41, 5.74) is 5.77. The van der Waals surface area contributed by atoms with Crippen molar-refractivity contribution >= 4 is 5.91 Å². The number of piperidine rings is 1. The summed E-state index contributed by atoms with van der Waals surface area (Å²) in [6, 6.07) is 0.350. The number of hydrogen-bond donors (Lipinski definition) is 2. The first-order chi connectivity index (χ1) is 10.2. The molecule has 1 heterocycles. The molecule has 3 N–H and O–H groups in total. The van der Waals surface area contributed by atoms with Crippen molar-refractivity contribution in [1.82, 2.24) is 10.2 Å². The van der Waals surface area contributed by atoms with Crippen LogP contribution in [0.1, 0.15) is 45.4 Å². The van der Waals surface area contributed by atoms with Crippen molar-refractivity contribution in [3.63, 3.8) is 0 Å². The zero-order chi connectivity index (χ0) is 14.8. The smallest absolute Gasteiger partial charge is 0.234 e. The Hall–Kier alpha value is -0.610. The van der Waals surface area contributed by atoms with E-state index in [4.69, 9.17) is 5.73 Å². The van der Waals surface area contributed by atoms with Gasteiger partial charge >= 0.3 is 0 Å². The van der Waals surface area contributed by atoms with Gasteiger partial charge in [0.25, 0.3) is 0 Å². The minimum atomic E-state index is 0.211. The second-order valence-corrected chi connectivity index (χ2v) is 7.67. The van der Waals surface area contributed by atoms with Crippen LogP contribution >= 0.6 is 0 Å². The molecule has 2 saturated carbocycles. The number of hydrogen-bond acceptors (Lipinski definition) is 3. The van der Waals surface area contributed by atoms with Crippen LogP contribution in [0.15, 0.2) is 0 Å². The van der Waals surface area contributed by atoms with Gasteiger partial charge in [-0.15, -0.1) is 0 Å². The maximum atomic E-state index is 12.3. The predicted molar refractivity (Wildman–Crippen MR) is 84.8 cm³/mol. The molecule has 5 unspecified atom stereocenters. The van der Waals surface area contributed by atoms with Crippen LogP contribution in [-0.4, -0.2) is 43.0 Å². The van der Waals surface area contributed by atoms with E-state index >= 15 is 0 Å². The molecule has 0 aromatic heterocycles. The fourth-order valence-corrected chi connectivity index (χ4v) is 5.00. The highest BCUT2D eigenvalue weighted by atomic mass is 16.2. The third kappa shape index (κ3) is 3.59. The molecule has 0 aromatic carbocycles. The Morgan fingerprint density at radius 3 is 2.86 bits per heavy atom. The highest BCUT2D eigenvalue weighted by Gasteiger charge is 2.42. The number of likely N-dealkylation sites (tertiary alicyclic amines) is 1. The van der Waals surface area contributed by atoms with Crippen molar-refractivity contribution < 1.29 is 4.79 Å². The van der Waals surface area contributed by atoms with Crippen LogP contribution < -0.4 is 11.1 Å². The third-order valence-electron chi connectivity index (χ3n) is 6.13. The molecule has 2 bridgehead atoms.